The maximum atomic E-state index is 13.4. The number of aryl methyl sites for hydroxylation is 1. The average molecular weight is 554 g/mol. The van der Waals surface area contributed by atoms with Crippen LogP contribution in [0.4, 0.5) is 15.8 Å². The maximum absolute atomic E-state index is 13.4. The van der Waals surface area contributed by atoms with Gasteiger partial charge in [0, 0.05) is 17.1 Å². The molecule has 0 saturated carbocycles. The van der Waals surface area contributed by atoms with Gasteiger partial charge in [0.05, 0.1) is 24.4 Å². The molecular formula is C28H25ClFN3O4S. The summed E-state index contributed by atoms with van der Waals surface area (Å²) in [6, 6.07) is 17.5. The third-order valence-corrected chi connectivity index (χ3v) is 7.32. The van der Waals surface area contributed by atoms with Gasteiger partial charge in [0.15, 0.2) is 5.17 Å². The fourth-order valence-corrected chi connectivity index (χ4v) is 4.94. The van der Waals surface area contributed by atoms with E-state index in [0.717, 1.165) is 17.3 Å². The number of thioether (sulfide) groups is 1. The average Bonchev–Trinajstić information content (AvgIpc) is 2.89. The summed E-state index contributed by atoms with van der Waals surface area (Å²) in [5.74, 6) is -1.47. The van der Waals surface area contributed by atoms with Crippen LogP contribution >= 0.6 is 23.4 Å². The van der Waals surface area contributed by atoms with Crippen LogP contribution in [-0.4, -0.2) is 39.7 Å². The second kappa shape index (κ2) is 12.2. The minimum Gasteiger partial charge on any atom is -0.462 e. The number of hydrogen-bond donors (Lipinski definition) is 1. The molecule has 1 aliphatic rings. The number of esters is 1. The number of carbonyl (C=O) groups excluding carboxylic acids is 3. The smallest absolute Gasteiger partial charge is 0.338 e. The highest BCUT2D eigenvalue weighted by atomic mass is 35.5. The van der Waals surface area contributed by atoms with Crippen LogP contribution in [0, 0.1) is 12.7 Å². The van der Waals surface area contributed by atoms with E-state index in [2.05, 4.69) is 10.3 Å². The molecule has 0 aliphatic carbocycles. The summed E-state index contributed by atoms with van der Waals surface area (Å²) in [6.45, 7) is 4.01. The first kappa shape index (κ1) is 27.3. The minimum absolute atomic E-state index is 0.0435. The Kier molecular flexibility index (Phi) is 8.81. The lowest BCUT2D eigenvalue weighted by molar-refractivity contribution is -0.129. The van der Waals surface area contributed by atoms with Gasteiger partial charge in [0.2, 0.25) is 11.8 Å². The minimum atomic E-state index is -0.732. The molecule has 1 fully saturated rings. The van der Waals surface area contributed by atoms with Crippen molar-refractivity contribution in [3.63, 3.8) is 0 Å². The largest absolute Gasteiger partial charge is 0.462 e. The number of carbonyl (C=O) groups is 3. The molecule has 7 nitrogen and oxygen atoms in total. The van der Waals surface area contributed by atoms with Crippen LogP contribution in [-0.2, 0) is 20.9 Å². The summed E-state index contributed by atoms with van der Waals surface area (Å²) in [4.78, 5) is 44.4. The Balaban J connectivity index is 1.60. The van der Waals surface area contributed by atoms with Gasteiger partial charge < -0.3 is 10.1 Å². The molecule has 10 heteroatoms. The lowest BCUT2D eigenvalue weighted by atomic mass is 10.2. The van der Waals surface area contributed by atoms with Gasteiger partial charge in [-0.15, -0.1) is 0 Å². The van der Waals surface area contributed by atoms with E-state index in [9.17, 15) is 18.8 Å². The van der Waals surface area contributed by atoms with Gasteiger partial charge in [-0.1, -0.05) is 41.6 Å². The van der Waals surface area contributed by atoms with Crippen molar-refractivity contribution in [2.45, 2.75) is 32.1 Å². The molecular weight excluding hydrogens is 529 g/mol. The number of hydrogen-bond acceptors (Lipinski definition) is 6. The van der Waals surface area contributed by atoms with E-state index in [0.29, 0.717) is 32.7 Å². The fraction of sp³-hybridized carbons (Fsp3) is 0.214. The number of anilines is 1. The lowest BCUT2D eigenvalue weighted by Gasteiger charge is -2.32. The molecule has 4 rings (SSSR count). The Morgan fingerprint density at radius 1 is 1.13 bits per heavy atom. The van der Waals surface area contributed by atoms with E-state index in [4.69, 9.17) is 16.3 Å². The summed E-state index contributed by atoms with van der Waals surface area (Å²) >= 11 is 7.34. The number of benzene rings is 3. The van der Waals surface area contributed by atoms with Crippen molar-refractivity contribution in [1.29, 1.82) is 0 Å². The number of aliphatic imine (C=N–C) groups is 1. The molecule has 2 amide bonds. The van der Waals surface area contributed by atoms with Crippen LogP contribution in [0.2, 0.25) is 5.02 Å². The summed E-state index contributed by atoms with van der Waals surface area (Å²) in [5.41, 5.74) is 2.99. The number of amidine groups is 1. The number of nitrogens with zero attached hydrogens (tertiary/aromatic N) is 2. The number of nitrogens with one attached hydrogen (secondary N) is 1. The number of amides is 2. The SMILES string of the molecule is CCOC(=O)c1ccc(N=C2SC(C(=O)Nc3ccc(C)c(Cl)c3)CC(=O)N2Cc2ccc(F)cc2)cc1. The van der Waals surface area contributed by atoms with Gasteiger partial charge in [0.25, 0.3) is 0 Å². The topological polar surface area (TPSA) is 88.1 Å². The highest BCUT2D eigenvalue weighted by Gasteiger charge is 2.36. The normalized spacial score (nSPS) is 16.4. The highest BCUT2D eigenvalue weighted by molar-refractivity contribution is 8.15. The second-order valence-corrected chi connectivity index (χ2v) is 10.1. The van der Waals surface area contributed by atoms with Crippen molar-refractivity contribution in [1.82, 2.24) is 4.90 Å². The van der Waals surface area contributed by atoms with E-state index in [1.165, 1.54) is 17.0 Å². The van der Waals surface area contributed by atoms with Gasteiger partial charge in [0.1, 0.15) is 11.1 Å². The van der Waals surface area contributed by atoms with Crippen LogP contribution in [0.3, 0.4) is 0 Å². The van der Waals surface area contributed by atoms with E-state index >= 15 is 0 Å². The summed E-state index contributed by atoms with van der Waals surface area (Å²) in [5, 5.41) is 2.93. The first-order valence-corrected chi connectivity index (χ1v) is 13.1. The maximum Gasteiger partial charge on any atom is 0.338 e. The predicted molar refractivity (Wildman–Crippen MR) is 147 cm³/mol. The Morgan fingerprint density at radius 3 is 2.50 bits per heavy atom. The first-order valence-electron chi connectivity index (χ1n) is 11.9. The molecule has 0 aromatic heterocycles. The van der Waals surface area contributed by atoms with Gasteiger partial charge in [-0.2, -0.15) is 0 Å². The zero-order chi connectivity index (χ0) is 27.2. The third kappa shape index (κ3) is 6.79. The molecule has 3 aromatic rings. The summed E-state index contributed by atoms with van der Waals surface area (Å²) in [7, 11) is 0. The van der Waals surface area contributed by atoms with Crippen molar-refractivity contribution in [3.8, 4) is 0 Å². The van der Waals surface area contributed by atoms with Crippen LogP contribution in [0.1, 0.15) is 34.8 Å². The first-order chi connectivity index (χ1) is 18.2. The number of ether oxygens (including phenoxy) is 1. The molecule has 0 radical (unpaired) electrons. The monoisotopic (exact) mass is 553 g/mol. The molecule has 196 valence electrons. The Bertz CT molecular complexity index is 1380. The lowest BCUT2D eigenvalue weighted by Crippen LogP contribution is -2.44. The van der Waals surface area contributed by atoms with Crippen molar-refractivity contribution < 1.29 is 23.5 Å². The molecule has 1 unspecified atom stereocenters. The number of halogens is 2. The van der Waals surface area contributed by atoms with Crippen molar-refractivity contribution in [3.05, 3.63) is 94.3 Å². The van der Waals surface area contributed by atoms with Gasteiger partial charge in [-0.25, -0.2) is 14.2 Å². The second-order valence-electron chi connectivity index (χ2n) is 8.53. The van der Waals surface area contributed by atoms with E-state index in [1.807, 2.05) is 6.92 Å². The molecule has 1 saturated heterocycles. The summed E-state index contributed by atoms with van der Waals surface area (Å²) in [6.07, 6.45) is -0.0435. The highest BCUT2D eigenvalue weighted by Crippen LogP contribution is 2.31. The molecule has 1 N–H and O–H groups in total. The van der Waals surface area contributed by atoms with E-state index < -0.39 is 11.2 Å². The quantitative estimate of drug-likeness (QED) is 0.356. The molecule has 0 spiro atoms. The Morgan fingerprint density at radius 2 is 1.84 bits per heavy atom. The van der Waals surface area contributed by atoms with Crippen LogP contribution in [0.5, 0.6) is 0 Å². The van der Waals surface area contributed by atoms with E-state index in [-0.39, 0.29) is 37.2 Å². The van der Waals surface area contributed by atoms with Gasteiger partial charge in [-0.3, -0.25) is 14.5 Å². The summed E-state index contributed by atoms with van der Waals surface area (Å²) < 4.78 is 18.4. The van der Waals surface area contributed by atoms with Crippen LogP contribution in [0.25, 0.3) is 0 Å². The Labute approximate surface area is 229 Å². The third-order valence-electron chi connectivity index (χ3n) is 5.73. The Hall–Kier alpha value is -3.69. The van der Waals surface area contributed by atoms with E-state index in [1.54, 1.807) is 61.5 Å². The molecule has 38 heavy (non-hydrogen) atoms. The van der Waals surface area contributed by atoms with Crippen molar-refractivity contribution in [2.75, 3.05) is 11.9 Å². The molecule has 0 bridgehead atoms. The zero-order valence-corrected chi connectivity index (χ0v) is 22.3. The van der Waals surface area contributed by atoms with Gasteiger partial charge in [-0.05, 0) is 73.5 Å². The van der Waals surface area contributed by atoms with Gasteiger partial charge >= 0.3 is 5.97 Å². The predicted octanol–water partition coefficient (Wildman–Crippen LogP) is 6.12. The van der Waals surface area contributed by atoms with Crippen molar-refractivity contribution in [2.24, 2.45) is 4.99 Å². The molecule has 1 heterocycles. The number of rotatable bonds is 7. The molecule has 1 atom stereocenters. The van der Waals surface area contributed by atoms with Crippen LogP contribution in [0.15, 0.2) is 71.7 Å². The standard InChI is InChI=1S/C28H25ClFN3O4S/c1-3-37-27(36)19-7-12-21(13-8-19)32-28-33(16-18-5-9-20(30)10-6-18)25(34)15-24(38-28)26(35)31-22-11-4-17(2)23(29)14-22/h4-14,24H,3,15-16H2,1-2H3,(H,31,35). The molecule has 1 aliphatic heterocycles. The fourth-order valence-electron chi connectivity index (χ4n) is 3.66. The molecule has 3 aromatic carbocycles. The van der Waals surface area contributed by atoms with Crippen LogP contribution < -0.4 is 5.32 Å². The van der Waals surface area contributed by atoms with Crippen molar-refractivity contribution >= 4 is 57.7 Å². The zero-order valence-electron chi connectivity index (χ0n) is 20.7.